The van der Waals surface area contributed by atoms with Gasteiger partial charge in [-0.15, -0.1) is 0 Å². The molecule has 0 radical (unpaired) electrons. The monoisotopic (exact) mass is 190 g/mol. The number of nitrogens with one attached hydrogen (secondary N) is 1. The van der Waals surface area contributed by atoms with Gasteiger partial charge in [0, 0.05) is 18.1 Å². The topological polar surface area (TPSA) is 38.0 Å². The standard InChI is InChI=1S/C12H18N2/c1-9-11(13)7-8-12(14-9)10-5-3-2-4-6-10/h2-6,9,11-12,14H,7-8,13H2,1H3. The zero-order chi connectivity index (χ0) is 9.97. The first-order valence-corrected chi connectivity index (χ1v) is 5.34. The van der Waals surface area contributed by atoms with Gasteiger partial charge in [-0.2, -0.15) is 0 Å². The minimum Gasteiger partial charge on any atom is -0.326 e. The SMILES string of the molecule is CC1NC(c2ccccc2)CCC1N. The van der Waals surface area contributed by atoms with Crippen molar-refractivity contribution >= 4 is 0 Å². The molecule has 0 amide bonds. The Balaban J connectivity index is 2.07. The zero-order valence-electron chi connectivity index (χ0n) is 8.61. The lowest BCUT2D eigenvalue weighted by Crippen LogP contribution is -2.48. The zero-order valence-corrected chi connectivity index (χ0v) is 8.61. The quantitative estimate of drug-likeness (QED) is 0.709. The molecule has 3 unspecified atom stereocenters. The van der Waals surface area contributed by atoms with Crippen molar-refractivity contribution in [2.75, 3.05) is 0 Å². The van der Waals surface area contributed by atoms with Crippen molar-refractivity contribution in [1.82, 2.24) is 5.32 Å². The van der Waals surface area contributed by atoms with Crippen LogP contribution in [0.15, 0.2) is 30.3 Å². The third-order valence-corrected chi connectivity index (χ3v) is 3.10. The van der Waals surface area contributed by atoms with Crippen molar-refractivity contribution in [2.24, 2.45) is 5.73 Å². The molecule has 3 N–H and O–H groups in total. The molecule has 1 fully saturated rings. The van der Waals surface area contributed by atoms with Gasteiger partial charge in [0.2, 0.25) is 0 Å². The van der Waals surface area contributed by atoms with E-state index in [1.165, 1.54) is 5.56 Å². The first kappa shape index (κ1) is 9.69. The molecule has 1 aromatic rings. The van der Waals surface area contributed by atoms with Crippen LogP contribution in [0.2, 0.25) is 0 Å². The molecule has 2 heteroatoms. The van der Waals surface area contributed by atoms with E-state index in [0.29, 0.717) is 18.1 Å². The number of rotatable bonds is 1. The third-order valence-electron chi connectivity index (χ3n) is 3.10. The van der Waals surface area contributed by atoms with Gasteiger partial charge in [0.1, 0.15) is 0 Å². The van der Waals surface area contributed by atoms with Crippen molar-refractivity contribution in [3.63, 3.8) is 0 Å². The fourth-order valence-electron chi connectivity index (χ4n) is 2.08. The Morgan fingerprint density at radius 2 is 1.93 bits per heavy atom. The number of nitrogens with two attached hydrogens (primary N) is 1. The van der Waals surface area contributed by atoms with E-state index in [1.54, 1.807) is 0 Å². The molecule has 1 saturated heterocycles. The van der Waals surface area contributed by atoms with Crippen LogP contribution in [0.4, 0.5) is 0 Å². The van der Waals surface area contributed by atoms with Crippen molar-refractivity contribution in [3.05, 3.63) is 35.9 Å². The Hall–Kier alpha value is -0.860. The second-order valence-corrected chi connectivity index (χ2v) is 4.16. The second kappa shape index (κ2) is 4.11. The van der Waals surface area contributed by atoms with Gasteiger partial charge in [0.15, 0.2) is 0 Å². The van der Waals surface area contributed by atoms with E-state index < -0.39 is 0 Å². The lowest BCUT2D eigenvalue weighted by atomic mass is 9.91. The van der Waals surface area contributed by atoms with Gasteiger partial charge in [-0.3, -0.25) is 0 Å². The maximum atomic E-state index is 5.96. The number of hydrogen-bond acceptors (Lipinski definition) is 2. The Kier molecular flexibility index (Phi) is 2.85. The fourth-order valence-corrected chi connectivity index (χ4v) is 2.08. The van der Waals surface area contributed by atoms with E-state index in [-0.39, 0.29) is 0 Å². The highest BCUT2D eigenvalue weighted by Crippen LogP contribution is 2.24. The average Bonchev–Trinajstić information content (AvgIpc) is 2.23. The van der Waals surface area contributed by atoms with Crippen LogP contribution >= 0.6 is 0 Å². The normalized spacial score (nSPS) is 32.9. The van der Waals surface area contributed by atoms with Gasteiger partial charge in [-0.05, 0) is 25.3 Å². The van der Waals surface area contributed by atoms with E-state index in [0.717, 1.165) is 12.8 Å². The van der Waals surface area contributed by atoms with E-state index in [2.05, 4.69) is 42.6 Å². The highest BCUT2D eigenvalue weighted by Gasteiger charge is 2.24. The number of hydrogen-bond donors (Lipinski definition) is 2. The summed E-state index contributed by atoms with van der Waals surface area (Å²) < 4.78 is 0. The van der Waals surface area contributed by atoms with Crippen LogP contribution < -0.4 is 11.1 Å². The summed E-state index contributed by atoms with van der Waals surface area (Å²) >= 11 is 0. The summed E-state index contributed by atoms with van der Waals surface area (Å²) in [5.41, 5.74) is 7.34. The predicted molar refractivity (Wildman–Crippen MR) is 59.0 cm³/mol. The summed E-state index contributed by atoms with van der Waals surface area (Å²) in [5, 5.41) is 3.56. The predicted octanol–water partition coefficient (Wildman–Crippen LogP) is 1.83. The molecule has 0 aromatic heterocycles. The summed E-state index contributed by atoms with van der Waals surface area (Å²) in [6, 6.07) is 11.8. The molecule has 1 aromatic carbocycles. The van der Waals surface area contributed by atoms with Gasteiger partial charge < -0.3 is 11.1 Å². The summed E-state index contributed by atoms with van der Waals surface area (Å²) in [5.74, 6) is 0. The highest BCUT2D eigenvalue weighted by atomic mass is 15.0. The fraction of sp³-hybridized carbons (Fsp3) is 0.500. The number of benzene rings is 1. The first-order chi connectivity index (χ1) is 6.77. The molecular formula is C12H18N2. The molecule has 3 atom stereocenters. The highest BCUT2D eigenvalue weighted by molar-refractivity contribution is 5.19. The summed E-state index contributed by atoms with van der Waals surface area (Å²) in [7, 11) is 0. The minimum absolute atomic E-state index is 0.315. The van der Waals surface area contributed by atoms with Crippen molar-refractivity contribution in [2.45, 2.75) is 37.9 Å². The smallest absolute Gasteiger partial charge is 0.0323 e. The third kappa shape index (κ3) is 1.97. The van der Waals surface area contributed by atoms with Crippen molar-refractivity contribution < 1.29 is 0 Å². The molecule has 2 nitrogen and oxygen atoms in total. The van der Waals surface area contributed by atoms with Crippen LogP contribution in [-0.4, -0.2) is 12.1 Å². The summed E-state index contributed by atoms with van der Waals surface area (Å²) in [6.07, 6.45) is 2.27. The van der Waals surface area contributed by atoms with Crippen molar-refractivity contribution in [3.8, 4) is 0 Å². The van der Waals surface area contributed by atoms with E-state index in [4.69, 9.17) is 5.73 Å². The van der Waals surface area contributed by atoms with Crippen LogP contribution in [-0.2, 0) is 0 Å². The van der Waals surface area contributed by atoms with Crippen LogP contribution in [0.5, 0.6) is 0 Å². The molecule has 1 heterocycles. The lowest BCUT2D eigenvalue weighted by molar-refractivity contribution is 0.303. The second-order valence-electron chi connectivity index (χ2n) is 4.16. The van der Waals surface area contributed by atoms with Crippen LogP contribution in [0.25, 0.3) is 0 Å². The van der Waals surface area contributed by atoms with E-state index >= 15 is 0 Å². The maximum absolute atomic E-state index is 5.96. The van der Waals surface area contributed by atoms with Gasteiger partial charge in [-0.25, -0.2) is 0 Å². The van der Waals surface area contributed by atoms with Gasteiger partial charge >= 0.3 is 0 Å². The molecule has 14 heavy (non-hydrogen) atoms. The Morgan fingerprint density at radius 1 is 1.21 bits per heavy atom. The summed E-state index contributed by atoms with van der Waals surface area (Å²) in [6.45, 7) is 2.17. The molecule has 2 rings (SSSR count). The molecule has 0 aliphatic carbocycles. The Labute approximate surface area is 85.5 Å². The minimum atomic E-state index is 0.315. The van der Waals surface area contributed by atoms with Gasteiger partial charge in [-0.1, -0.05) is 30.3 Å². The molecule has 1 aliphatic heterocycles. The molecule has 76 valence electrons. The molecule has 1 aliphatic rings. The largest absolute Gasteiger partial charge is 0.326 e. The Bertz CT molecular complexity index is 284. The molecule has 0 saturated carbocycles. The van der Waals surface area contributed by atoms with Crippen molar-refractivity contribution in [1.29, 1.82) is 0 Å². The van der Waals surface area contributed by atoms with Crippen LogP contribution in [0, 0.1) is 0 Å². The lowest BCUT2D eigenvalue weighted by Gasteiger charge is -2.33. The average molecular weight is 190 g/mol. The summed E-state index contributed by atoms with van der Waals surface area (Å²) in [4.78, 5) is 0. The Morgan fingerprint density at radius 3 is 2.57 bits per heavy atom. The van der Waals surface area contributed by atoms with Gasteiger partial charge in [0.05, 0.1) is 0 Å². The maximum Gasteiger partial charge on any atom is 0.0323 e. The van der Waals surface area contributed by atoms with Crippen LogP contribution in [0.1, 0.15) is 31.4 Å². The first-order valence-electron chi connectivity index (χ1n) is 5.34. The van der Waals surface area contributed by atoms with Crippen LogP contribution in [0.3, 0.4) is 0 Å². The number of piperidine rings is 1. The molecule has 0 spiro atoms. The van der Waals surface area contributed by atoms with E-state index in [1.807, 2.05) is 0 Å². The molecule has 0 bridgehead atoms. The van der Waals surface area contributed by atoms with E-state index in [9.17, 15) is 0 Å². The molecular weight excluding hydrogens is 172 g/mol. The van der Waals surface area contributed by atoms with Gasteiger partial charge in [0.25, 0.3) is 0 Å².